The molecule has 0 aromatic heterocycles. The van der Waals surface area contributed by atoms with E-state index in [1.807, 2.05) is 24.3 Å². The Balaban J connectivity index is 1.56. The number of nitrogens with one attached hydrogen (secondary N) is 1. The number of benzene rings is 2. The van der Waals surface area contributed by atoms with Gasteiger partial charge in [0, 0.05) is 30.9 Å². The van der Waals surface area contributed by atoms with Gasteiger partial charge in [0.25, 0.3) is 5.91 Å². The van der Waals surface area contributed by atoms with Gasteiger partial charge in [-0.05, 0) is 42.0 Å². The minimum Gasteiger partial charge on any atom is -0.478 e. The second kappa shape index (κ2) is 7.81. The number of hydrogen-bond acceptors (Lipinski definition) is 4. The number of carbonyl (C=O) groups excluding carboxylic acids is 1. The van der Waals surface area contributed by atoms with E-state index in [4.69, 9.17) is 9.84 Å². The fourth-order valence-corrected chi connectivity index (χ4v) is 2.69. The number of carboxylic acids is 1. The number of amides is 1. The maximum atomic E-state index is 12.2. The van der Waals surface area contributed by atoms with E-state index in [0.29, 0.717) is 12.1 Å². The van der Waals surface area contributed by atoms with Crippen LogP contribution < -0.4 is 10.2 Å². The summed E-state index contributed by atoms with van der Waals surface area (Å²) >= 11 is 0. The third kappa shape index (κ3) is 4.36. The number of morpholine rings is 1. The lowest BCUT2D eigenvalue weighted by Crippen LogP contribution is -2.36. The van der Waals surface area contributed by atoms with Crippen LogP contribution in [0, 0.1) is 0 Å². The molecule has 2 N–H and O–H groups in total. The minimum atomic E-state index is -0.962. The zero-order valence-electron chi connectivity index (χ0n) is 13.8. The summed E-state index contributed by atoms with van der Waals surface area (Å²) in [6.07, 6.45) is 0. The fourth-order valence-electron chi connectivity index (χ4n) is 2.69. The van der Waals surface area contributed by atoms with Crippen molar-refractivity contribution >= 4 is 17.6 Å². The van der Waals surface area contributed by atoms with Gasteiger partial charge >= 0.3 is 5.97 Å². The molecule has 0 aliphatic carbocycles. The predicted octanol–water partition coefficient (Wildman–Crippen LogP) is 2.15. The van der Waals surface area contributed by atoms with Gasteiger partial charge in [-0.1, -0.05) is 12.1 Å². The van der Waals surface area contributed by atoms with Crippen molar-refractivity contribution in [3.8, 4) is 0 Å². The van der Waals surface area contributed by atoms with Gasteiger partial charge in [-0.25, -0.2) is 4.79 Å². The van der Waals surface area contributed by atoms with E-state index < -0.39 is 5.97 Å². The van der Waals surface area contributed by atoms with Crippen LogP contribution in [0.2, 0.25) is 0 Å². The van der Waals surface area contributed by atoms with Crippen molar-refractivity contribution in [3.63, 3.8) is 0 Å². The zero-order valence-corrected chi connectivity index (χ0v) is 13.8. The number of anilines is 1. The van der Waals surface area contributed by atoms with Crippen molar-refractivity contribution in [2.75, 3.05) is 31.2 Å². The Bertz CT molecular complexity index is 735. The van der Waals surface area contributed by atoms with Crippen molar-refractivity contribution in [2.45, 2.75) is 6.54 Å². The SMILES string of the molecule is O=C(O)c1ccc(CNC(=O)c2ccc(N3CCOCC3)cc2)cc1. The molecule has 1 saturated heterocycles. The highest BCUT2D eigenvalue weighted by Crippen LogP contribution is 2.16. The van der Waals surface area contributed by atoms with E-state index in [1.54, 1.807) is 12.1 Å². The molecule has 2 aromatic carbocycles. The molecule has 0 atom stereocenters. The largest absolute Gasteiger partial charge is 0.478 e. The maximum absolute atomic E-state index is 12.2. The van der Waals surface area contributed by atoms with E-state index in [1.165, 1.54) is 12.1 Å². The smallest absolute Gasteiger partial charge is 0.335 e. The fraction of sp³-hybridized carbons (Fsp3) is 0.263. The lowest BCUT2D eigenvalue weighted by atomic mass is 10.1. The van der Waals surface area contributed by atoms with Crippen LogP contribution in [0.1, 0.15) is 26.3 Å². The topological polar surface area (TPSA) is 78.9 Å². The molecule has 1 aliphatic heterocycles. The number of aromatic carboxylic acids is 1. The number of carboxylic acid groups (broad SMARTS) is 1. The molecule has 0 radical (unpaired) electrons. The van der Waals surface area contributed by atoms with Crippen LogP contribution in [0.25, 0.3) is 0 Å². The summed E-state index contributed by atoms with van der Waals surface area (Å²) in [7, 11) is 0. The Hall–Kier alpha value is -2.86. The summed E-state index contributed by atoms with van der Waals surface area (Å²) in [4.78, 5) is 25.3. The van der Waals surface area contributed by atoms with Gasteiger partial charge in [0.15, 0.2) is 0 Å². The second-order valence-corrected chi connectivity index (χ2v) is 5.83. The third-order valence-corrected chi connectivity index (χ3v) is 4.16. The molecule has 6 heteroatoms. The van der Waals surface area contributed by atoms with E-state index in [9.17, 15) is 9.59 Å². The molecule has 0 bridgehead atoms. The van der Waals surface area contributed by atoms with E-state index in [0.717, 1.165) is 37.6 Å². The quantitative estimate of drug-likeness (QED) is 0.872. The Labute approximate surface area is 146 Å². The molecule has 0 saturated carbocycles. The van der Waals surface area contributed by atoms with Crippen molar-refractivity contribution in [3.05, 3.63) is 65.2 Å². The van der Waals surface area contributed by atoms with Gasteiger partial charge in [-0.2, -0.15) is 0 Å². The summed E-state index contributed by atoms with van der Waals surface area (Å²) in [5, 5.41) is 11.7. The maximum Gasteiger partial charge on any atom is 0.335 e. The molecular weight excluding hydrogens is 320 g/mol. The van der Waals surface area contributed by atoms with Gasteiger partial charge in [0.05, 0.1) is 18.8 Å². The first-order valence-electron chi connectivity index (χ1n) is 8.17. The number of hydrogen-bond donors (Lipinski definition) is 2. The van der Waals surface area contributed by atoms with Gasteiger partial charge in [0.1, 0.15) is 0 Å². The van der Waals surface area contributed by atoms with E-state index in [2.05, 4.69) is 10.2 Å². The van der Waals surface area contributed by atoms with Crippen molar-refractivity contribution in [2.24, 2.45) is 0 Å². The van der Waals surface area contributed by atoms with Gasteiger partial charge in [-0.3, -0.25) is 4.79 Å². The summed E-state index contributed by atoms with van der Waals surface area (Å²) in [5.74, 6) is -1.12. The molecule has 1 amide bonds. The first-order chi connectivity index (χ1) is 12.1. The molecule has 0 spiro atoms. The number of nitrogens with zero attached hydrogens (tertiary/aromatic N) is 1. The first kappa shape index (κ1) is 17.0. The van der Waals surface area contributed by atoms with Crippen molar-refractivity contribution in [1.82, 2.24) is 5.32 Å². The highest BCUT2D eigenvalue weighted by molar-refractivity contribution is 5.94. The Morgan fingerprint density at radius 1 is 0.960 bits per heavy atom. The zero-order chi connectivity index (χ0) is 17.6. The molecule has 0 unspecified atom stereocenters. The van der Waals surface area contributed by atoms with Crippen LogP contribution >= 0.6 is 0 Å². The van der Waals surface area contributed by atoms with Crippen LogP contribution in [-0.2, 0) is 11.3 Å². The average Bonchev–Trinajstić information content (AvgIpc) is 2.67. The van der Waals surface area contributed by atoms with Crippen LogP contribution in [0.4, 0.5) is 5.69 Å². The Morgan fingerprint density at radius 2 is 1.56 bits per heavy atom. The van der Waals surface area contributed by atoms with Gasteiger partial charge < -0.3 is 20.1 Å². The van der Waals surface area contributed by atoms with Gasteiger partial charge in [0.2, 0.25) is 0 Å². The lowest BCUT2D eigenvalue weighted by molar-refractivity contribution is 0.0696. The van der Waals surface area contributed by atoms with Crippen molar-refractivity contribution < 1.29 is 19.4 Å². The van der Waals surface area contributed by atoms with E-state index >= 15 is 0 Å². The Kier molecular flexibility index (Phi) is 5.30. The average molecular weight is 340 g/mol. The molecule has 2 aromatic rings. The molecule has 1 aliphatic rings. The molecule has 1 fully saturated rings. The highest BCUT2D eigenvalue weighted by atomic mass is 16.5. The molecule has 1 heterocycles. The standard InChI is InChI=1S/C19H20N2O4/c22-18(20-13-14-1-3-16(4-2-14)19(23)24)15-5-7-17(8-6-15)21-9-11-25-12-10-21/h1-8H,9-13H2,(H,20,22)(H,23,24). The monoisotopic (exact) mass is 340 g/mol. The predicted molar refractivity (Wildman–Crippen MR) is 94.0 cm³/mol. The first-order valence-corrected chi connectivity index (χ1v) is 8.17. The second-order valence-electron chi connectivity index (χ2n) is 5.83. The molecular formula is C19H20N2O4. The van der Waals surface area contributed by atoms with Crippen LogP contribution in [0.5, 0.6) is 0 Å². The van der Waals surface area contributed by atoms with Gasteiger partial charge in [-0.15, -0.1) is 0 Å². The number of ether oxygens (including phenoxy) is 1. The minimum absolute atomic E-state index is 0.157. The molecule has 25 heavy (non-hydrogen) atoms. The lowest BCUT2D eigenvalue weighted by Gasteiger charge is -2.28. The summed E-state index contributed by atoms with van der Waals surface area (Å²) in [5.41, 5.74) is 2.76. The summed E-state index contributed by atoms with van der Waals surface area (Å²) in [6.45, 7) is 3.52. The summed E-state index contributed by atoms with van der Waals surface area (Å²) in [6, 6.07) is 14.0. The van der Waals surface area contributed by atoms with Crippen LogP contribution in [0.3, 0.4) is 0 Å². The highest BCUT2D eigenvalue weighted by Gasteiger charge is 2.12. The number of carbonyl (C=O) groups is 2. The summed E-state index contributed by atoms with van der Waals surface area (Å²) < 4.78 is 5.34. The molecule has 3 rings (SSSR count). The number of rotatable bonds is 5. The van der Waals surface area contributed by atoms with Crippen molar-refractivity contribution in [1.29, 1.82) is 0 Å². The molecule has 130 valence electrons. The Morgan fingerprint density at radius 3 is 2.16 bits per heavy atom. The van der Waals surface area contributed by atoms with Crippen LogP contribution in [-0.4, -0.2) is 43.3 Å². The van der Waals surface area contributed by atoms with E-state index in [-0.39, 0.29) is 11.5 Å². The third-order valence-electron chi connectivity index (χ3n) is 4.16. The van der Waals surface area contributed by atoms with Crippen LogP contribution in [0.15, 0.2) is 48.5 Å². The molecule has 6 nitrogen and oxygen atoms in total. The normalized spacial score (nSPS) is 14.2.